The molecule has 0 radical (unpaired) electrons. The highest BCUT2D eigenvalue weighted by molar-refractivity contribution is 5.22. The fourth-order valence-corrected chi connectivity index (χ4v) is 1.01. The molecule has 1 nitrogen and oxygen atoms in total. The molecule has 0 bridgehead atoms. The van der Waals surface area contributed by atoms with Crippen molar-refractivity contribution in [1.82, 2.24) is 4.98 Å². The Morgan fingerprint density at radius 3 is 2.27 bits per heavy atom. The molecule has 0 saturated heterocycles. The standard InChI is InChI=1S/C10H15N/c1-8-7-9(5-6-11-8)10(2,3)4/h5-7H,1-4H3. The number of nitrogens with zero attached hydrogens (tertiary/aromatic N) is 1. The first-order chi connectivity index (χ1) is 5.00. The third-order valence-electron chi connectivity index (χ3n) is 1.76. The van der Waals surface area contributed by atoms with Gasteiger partial charge < -0.3 is 0 Å². The van der Waals surface area contributed by atoms with Gasteiger partial charge in [0, 0.05) is 11.9 Å². The van der Waals surface area contributed by atoms with Crippen molar-refractivity contribution in [1.29, 1.82) is 0 Å². The fourth-order valence-electron chi connectivity index (χ4n) is 1.01. The number of aryl methyl sites for hydroxylation is 1. The molecular formula is C10H15N. The molecule has 11 heavy (non-hydrogen) atoms. The number of pyridine rings is 1. The van der Waals surface area contributed by atoms with E-state index in [9.17, 15) is 0 Å². The molecule has 0 atom stereocenters. The van der Waals surface area contributed by atoms with Crippen molar-refractivity contribution in [2.75, 3.05) is 0 Å². The predicted octanol–water partition coefficient (Wildman–Crippen LogP) is 2.69. The smallest absolute Gasteiger partial charge is 0.0375 e. The number of hydrogen-bond acceptors (Lipinski definition) is 1. The lowest BCUT2D eigenvalue weighted by Crippen LogP contribution is -2.11. The first-order valence-corrected chi connectivity index (χ1v) is 3.93. The van der Waals surface area contributed by atoms with Crippen LogP contribution in [0.4, 0.5) is 0 Å². The number of rotatable bonds is 0. The van der Waals surface area contributed by atoms with Gasteiger partial charge in [0.05, 0.1) is 0 Å². The van der Waals surface area contributed by atoms with Crippen LogP contribution in [0.1, 0.15) is 32.0 Å². The van der Waals surface area contributed by atoms with Crippen LogP contribution in [-0.4, -0.2) is 4.98 Å². The van der Waals surface area contributed by atoms with E-state index in [-0.39, 0.29) is 5.41 Å². The Bertz CT molecular complexity index is 245. The molecular weight excluding hydrogens is 134 g/mol. The van der Waals surface area contributed by atoms with Crippen LogP contribution in [0.5, 0.6) is 0 Å². The average Bonchev–Trinajstić information content (AvgIpc) is 1.86. The summed E-state index contributed by atoms with van der Waals surface area (Å²) in [7, 11) is 0. The van der Waals surface area contributed by atoms with Gasteiger partial charge in [-0.25, -0.2) is 0 Å². The van der Waals surface area contributed by atoms with Crippen LogP contribution in [0, 0.1) is 6.92 Å². The summed E-state index contributed by atoms with van der Waals surface area (Å²) in [6.07, 6.45) is 1.87. The molecule has 0 N–H and O–H groups in total. The topological polar surface area (TPSA) is 12.9 Å². The van der Waals surface area contributed by atoms with Crippen molar-refractivity contribution in [3.8, 4) is 0 Å². The average molecular weight is 149 g/mol. The highest BCUT2D eigenvalue weighted by Crippen LogP contribution is 2.21. The minimum atomic E-state index is 0.244. The Kier molecular flexibility index (Phi) is 1.99. The summed E-state index contributed by atoms with van der Waals surface area (Å²) in [5.41, 5.74) is 2.69. The molecule has 0 fully saturated rings. The van der Waals surface area contributed by atoms with E-state index in [0.717, 1.165) is 5.69 Å². The highest BCUT2D eigenvalue weighted by atomic mass is 14.6. The molecule has 0 aromatic carbocycles. The largest absolute Gasteiger partial charge is 0.262 e. The number of aromatic nitrogens is 1. The predicted molar refractivity (Wildman–Crippen MR) is 47.7 cm³/mol. The zero-order chi connectivity index (χ0) is 8.48. The van der Waals surface area contributed by atoms with Crippen LogP contribution in [0.25, 0.3) is 0 Å². The summed E-state index contributed by atoms with van der Waals surface area (Å²) in [5, 5.41) is 0. The Morgan fingerprint density at radius 1 is 1.27 bits per heavy atom. The van der Waals surface area contributed by atoms with E-state index in [4.69, 9.17) is 0 Å². The molecule has 0 aliphatic heterocycles. The molecule has 1 heterocycles. The van der Waals surface area contributed by atoms with E-state index < -0.39 is 0 Å². The second kappa shape index (κ2) is 2.65. The quantitative estimate of drug-likeness (QED) is 0.552. The maximum Gasteiger partial charge on any atom is 0.0375 e. The summed E-state index contributed by atoms with van der Waals surface area (Å²) in [5.74, 6) is 0. The van der Waals surface area contributed by atoms with Gasteiger partial charge in [-0.3, -0.25) is 4.98 Å². The van der Waals surface area contributed by atoms with Crippen molar-refractivity contribution < 1.29 is 0 Å². The zero-order valence-corrected chi connectivity index (χ0v) is 7.68. The summed E-state index contributed by atoms with van der Waals surface area (Å²) < 4.78 is 0. The summed E-state index contributed by atoms with van der Waals surface area (Å²) >= 11 is 0. The van der Waals surface area contributed by atoms with E-state index in [2.05, 4.69) is 37.9 Å². The Hall–Kier alpha value is -0.850. The Morgan fingerprint density at radius 2 is 1.91 bits per heavy atom. The van der Waals surface area contributed by atoms with E-state index in [1.807, 2.05) is 13.1 Å². The van der Waals surface area contributed by atoms with Crippen LogP contribution in [0.3, 0.4) is 0 Å². The molecule has 0 unspecified atom stereocenters. The maximum absolute atomic E-state index is 4.15. The SMILES string of the molecule is Cc1cc(C(C)(C)C)ccn1. The number of hydrogen-bond donors (Lipinski definition) is 0. The van der Waals surface area contributed by atoms with Gasteiger partial charge in [-0.1, -0.05) is 20.8 Å². The molecule has 1 heteroatoms. The molecule has 1 aromatic rings. The van der Waals surface area contributed by atoms with Gasteiger partial charge in [0.1, 0.15) is 0 Å². The van der Waals surface area contributed by atoms with E-state index >= 15 is 0 Å². The minimum absolute atomic E-state index is 0.244. The van der Waals surface area contributed by atoms with Gasteiger partial charge in [0.25, 0.3) is 0 Å². The summed E-state index contributed by atoms with van der Waals surface area (Å²) in [4.78, 5) is 4.15. The van der Waals surface area contributed by atoms with E-state index in [1.54, 1.807) is 0 Å². The molecule has 0 spiro atoms. The minimum Gasteiger partial charge on any atom is -0.262 e. The van der Waals surface area contributed by atoms with Crippen LogP contribution in [0.2, 0.25) is 0 Å². The molecule has 60 valence electrons. The highest BCUT2D eigenvalue weighted by Gasteiger charge is 2.12. The van der Waals surface area contributed by atoms with Gasteiger partial charge in [-0.05, 0) is 30.0 Å². The molecule has 0 aliphatic carbocycles. The normalized spacial score (nSPS) is 11.6. The van der Waals surface area contributed by atoms with Crippen molar-refractivity contribution in [3.05, 3.63) is 29.6 Å². The van der Waals surface area contributed by atoms with Crippen molar-refractivity contribution in [2.45, 2.75) is 33.1 Å². The molecule has 0 aliphatic rings. The third kappa shape index (κ3) is 2.04. The van der Waals surface area contributed by atoms with Crippen LogP contribution < -0.4 is 0 Å². The lowest BCUT2D eigenvalue weighted by molar-refractivity contribution is 0.588. The fraction of sp³-hybridized carbons (Fsp3) is 0.500. The lowest BCUT2D eigenvalue weighted by Gasteiger charge is -2.18. The molecule has 0 saturated carbocycles. The van der Waals surface area contributed by atoms with Gasteiger partial charge in [-0.15, -0.1) is 0 Å². The van der Waals surface area contributed by atoms with Crippen molar-refractivity contribution in [3.63, 3.8) is 0 Å². The second-order valence-electron chi connectivity index (χ2n) is 3.94. The van der Waals surface area contributed by atoms with Gasteiger partial charge in [0.15, 0.2) is 0 Å². The zero-order valence-electron chi connectivity index (χ0n) is 7.68. The van der Waals surface area contributed by atoms with Crippen LogP contribution in [-0.2, 0) is 5.41 Å². The third-order valence-corrected chi connectivity index (χ3v) is 1.76. The molecule has 1 rings (SSSR count). The van der Waals surface area contributed by atoms with Crippen molar-refractivity contribution in [2.24, 2.45) is 0 Å². The van der Waals surface area contributed by atoms with Crippen LogP contribution >= 0.6 is 0 Å². The van der Waals surface area contributed by atoms with Crippen molar-refractivity contribution >= 4 is 0 Å². The maximum atomic E-state index is 4.15. The van der Waals surface area contributed by atoms with Gasteiger partial charge in [-0.2, -0.15) is 0 Å². The van der Waals surface area contributed by atoms with E-state index in [0.29, 0.717) is 0 Å². The monoisotopic (exact) mass is 149 g/mol. The molecule has 0 amide bonds. The first-order valence-electron chi connectivity index (χ1n) is 3.93. The van der Waals surface area contributed by atoms with E-state index in [1.165, 1.54) is 5.56 Å². The summed E-state index contributed by atoms with van der Waals surface area (Å²) in [6.45, 7) is 8.65. The van der Waals surface area contributed by atoms with Gasteiger partial charge >= 0.3 is 0 Å². The first kappa shape index (κ1) is 8.25. The lowest BCUT2D eigenvalue weighted by atomic mass is 9.87. The Labute approximate surface area is 68.5 Å². The summed E-state index contributed by atoms with van der Waals surface area (Å²) in [6, 6.07) is 4.22. The Balaban J connectivity index is 3.06. The van der Waals surface area contributed by atoms with Crippen LogP contribution in [0.15, 0.2) is 18.3 Å². The molecule has 1 aromatic heterocycles. The second-order valence-corrected chi connectivity index (χ2v) is 3.94. The van der Waals surface area contributed by atoms with Gasteiger partial charge in [0.2, 0.25) is 0 Å².